The normalized spacial score (nSPS) is 17.1. The molecule has 1 heterocycles. The number of benzene rings is 3. The molecular formula is C28H25NO5. The Morgan fingerprint density at radius 3 is 2.26 bits per heavy atom. The van der Waals surface area contributed by atoms with Crippen molar-refractivity contribution >= 4 is 29.1 Å². The van der Waals surface area contributed by atoms with Crippen LogP contribution in [0.25, 0.3) is 5.76 Å². The van der Waals surface area contributed by atoms with Gasteiger partial charge < -0.3 is 9.84 Å². The predicted octanol–water partition coefficient (Wildman–Crippen LogP) is 4.97. The van der Waals surface area contributed by atoms with Gasteiger partial charge in [0.25, 0.3) is 11.7 Å². The van der Waals surface area contributed by atoms with E-state index in [0.717, 1.165) is 17.5 Å². The highest BCUT2D eigenvalue weighted by molar-refractivity contribution is 6.51. The molecule has 0 bridgehead atoms. The Hall–Kier alpha value is -4.19. The second-order valence-electron chi connectivity index (χ2n) is 8.17. The number of aliphatic hydroxyl groups excluding tert-OH is 1. The molecule has 0 spiro atoms. The maximum atomic E-state index is 13.3. The minimum Gasteiger partial charge on any atom is -0.507 e. The largest absolute Gasteiger partial charge is 0.507 e. The van der Waals surface area contributed by atoms with Gasteiger partial charge in [0.05, 0.1) is 24.3 Å². The number of hydrogen-bond donors (Lipinski definition) is 1. The molecule has 1 saturated heterocycles. The highest BCUT2D eigenvalue weighted by Gasteiger charge is 2.47. The van der Waals surface area contributed by atoms with Crippen molar-refractivity contribution in [1.29, 1.82) is 0 Å². The van der Waals surface area contributed by atoms with Crippen LogP contribution in [0.4, 0.5) is 5.69 Å². The van der Waals surface area contributed by atoms with Crippen molar-refractivity contribution in [2.45, 2.75) is 26.3 Å². The fourth-order valence-corrected chi connectivity index (χ4v) is 4.12. The zero-order valence-corrected chi connectivity index (χ0v) is 19.2. The highest BCUT2D eigenvalue weighted by Crippen LogP contribution is 2.42. The first kappa shape index (κ1) is 23.0. The van der Waals surface area contributed by atoms with E-state index in [9.17, 15) is 19.5 Å². The van der Waals surface area contributed by atoms with Gasteiger partial charge in [-0.2, -0.15) is 0 Å². The molecule has 1 N–H and O–H groups in total. The number of aliphatic hydroxyl groups is 1. The van der Waals surface area contributed by atoms with E-state index in [1.54, 1.807) is 30.3 Å². The van der Waals surface area contributed by atoms with Gasteiger partial charge in [-0.25, -0.2) is 4.79 Å². The van der Waals surface area contributed by atoms with E-state index >= 15 is 0 Å². The number of methoxy groups -OCH3 is 1. The number of anilines is 1. The van der Waals surface area contributed by atoms with Gasteiger partial charge in [-0.15, -0.1) is 0 Å². The second-order valence-corrected chi connectivity index (χ2v) is 8.17. The van der Waals surface area contributed by atoms with Crippen LogP contribution in [0.5, 0.6) is 0 Å². The van der Waals surface area contributed by atoms with Gasteiger partial charge in [0.1, 0.15) is 5.76 Å². The number of Topliss-reactive ketones (excluding diaryl/α,β-unsaturated/α-hetero) is 1. The van der Waals surface area contributed by atoms with Crippen molar-refractivity contribution in [1.82, 2.24) is 0 Å². The average Bonchev–Trinajstić information content (AvgIpc) is 3.14. The molecule has 3 aromatic rings. The summed E-state index contributed by atoms with van der Waals surface area (Å²) >= 11 is 0. The SMILES string of the molecule is CCc1ccc(C2/C(=C(\O)c3ccc(C)cc3)C(=O)C(=O)N2c2cccc(C(=O)OC)c2)cc1. The number of amides is 1. The first-order valence-electron chi connectivity index (χ1n) is 11.0. The van der Waals surface area contributed by atoms with Gasteiger partial charge in [-0.1, -0.05) is 67.1 Å². The Bertz CT molecular complexity index is 1290. The molecule has 1 fully saturated rings. The van der Waals surface area contributed by atoms with E-state index in [2.05, 4.69) is 0 Å². The maximum absolute atomic E-state index is 13.3. The average molecular weight is 456 g/mol. The molecule has 0 saturated carbocycles. The topological polar surface area (TPSA) is 83.9 Å². The molecular weight excluding hydrogens is 430 g/mol. The molecule has 0 aromatic heterocycles. The van der Waals surface area contributed by atoms with Crippen molar-refractivity contribution in [3.63, 3.8) is 0 Å². The van der Waals surface area contributed by atoms with Crippen LogP contribution in [0, 0.1) is 6.92 Å². The Morgan fingerprint density at radius 2 is 1.65 bits per heavy atom. The standard InChI is InChI=1S/C28H25NO5/c1-4-18-10-14-19(15-11-18)24-23(25(30)20-12-8-17(2)9-13-20)26(31)27(32)29(24)22-7-5-6-21(16-22)28(33)34-3/h5-16,24,30H,4H2,1-3H3/b25-23+. The molecule has 0 radical (unpaired) electrons. The molecule has 1 amide bonds. The zero-order valence-electron chi connectivity index (χ0n) is 19.2. The number of ether oxygens (including phenoxy) is 1. The van der Waals surface area contributed by atoms with Crippen molar-refractivity contribution in [3.05, 3.63) is 106 Å². The van der Waals surface area contributed by atoms with Crippen LogP contribution in [0.15, 0.2) is 78.4 Å². The summed E-state index contributed by atoms with van der Waals surface area (Å²) in [6.07, 6.45) is 0.838. The van der Waals surface area contributed by atoms with E-state index in [1.165, 1.54) is 18.1 Å². The Kier molecular flexibility index (Phi) is 6.32. The Labute approximate surface area is 198 Å². The molecule has 0 aliphatic carbocycles. The van der Waals surface area contributed by atoms with Gasteiger partial charge >= 0.3 is 5.97 Å². The minimum absolute atomic E-state index is 0.00146. The summed E-state index contributed by atoms with van der Waals surface area (Å²) in [4.78, 5) is 40.0. The molecule has 1 atom stereocenters. The van der Waals surface area contributed by atoms with Gasteiger partial charge in [0, 0.05) is 11.3 Å². The van der Waals surface area contributed by atoms with Crippen LogP contribution in [0.1, 0.15) is 45.6 Å². The van der Waals surface area contributed by atoms with Crippen molar-refractivity contribution in [3.8, 4) is 0 Å². The summed E-state index contributed by atoms with van der Waals surface area (Å²) in [6, 6.07) is 20.2. The predicted molar refractivity (Wildman–Crippen MR) is 130 cm³/mol. The number of esters is 1. The fraction of sp³-hybridized carbons (Fsp3) is 0.179. The monoisotopic (exact) mass is 455 g/mol. The smallest absolute Gasteiger partial charge is 0.337 e. The molecule has 3 aromatic carbocycles. The van der Waals surface area contributed by atoms with E-state index in [-0.39, 0.29) is 16.9 Å². The van der Waals surface area contributed by atoms with E-state index in [0.29, 0.717) is 16.8 Å². The lowest BCUT2D eigenvalue weighted by atomic mass is 9.94. The van der Waals surface area contributed by atoms with Gasteiger partial charge in [-0.3, -0.25) is 14.5 Å². The van der Waals surface area contributed by atoms with Crippen LogP contribution in [-0.4, -0.2) is 29.9 Å². The molecule has 172 valence electrons. The molecule has 1 aliphatic heterocycles. The van der Waals surface area contributed by atoms with Crippen molar-refractivity contribution < 1.29 is 24.2 Å². The molecule has 6 nitrogen and oxygen atoms in total. The molecule has 6 heteroatoms. The van der Waals surface area contributed by atoms with Crippen molar-refractivity contribution in [2.24, 2.45) is 0 Å². The first-order chi connectivity index (χ1) is 16.3. The van der Waals surface area contributed by atoms with Crippen molar-refractivity contribution in [2.75, 3.05) is 12.0 Å². The summed E-state index contributed by atoms with van der Waals surface area (Å²) in [5.74, 6) is -2.36. The Morgan fingerprint density at radius 1 is 0.971 bits per heavy atom. The van der Waals surface area contributed by atoms with Gasteiger partial charge in [0.2, 0.25) is 0 Å². The number of nitrogens with zero attached hydrogens (tertiary/aromatic N) is 1. The van der Waals surface area contributed by atoms with E-state index < -0.39 is 23.7 Å². The fourth-order valence-electron chi connectivity index (χ4n) is 4.12. The third kappa shape index (κ3) is 4.10. The lowest BCUT2D eigenvalue weighted by molar-refractivity contribution is -0.132. The number of aryl methyl sites for hydroxylation is 2. The van der Waals surface area contributed by atoms with Crippen LogP contribution < -0.4 is 4.90 Å². The number of carbonyl (C=O) groups excluding carboxylic acids is 3. The Balaban J connectivity index is 1.92. The number of ketones is 1. The number of rotatable bonds is 5. The van der Waals surface area contributed by atoms with E-state index in [4.69, 9.17) is 4.74 Å². The lowest BCUT2D eigenvalue weighted by Gasteiger charge is -2.26. The van der Waals surface area contributed by atoms with Crippen LogP contribution in [-0.2, 0) is 20.7 Å². The summed E-state index contributed by atoms with van der Waals surface area (Å²) in [6.45, 7) is 3.96. The third-order valence-electron chi connectivity index (χ3n) is 6.02. The minimum atomic E-state index is -0.861. The second kappa shape index (κ2) is 9.35. The summed E-state index contributed by atoms with van der Waals surface area (Å²) in [5.41, 5.74) is 3.84. The van der Waals surface area contributed by atoms with Gasteiger partial charge in [-0.05, 0) is 42.7 Å². The summed E-state index contributed by atoms with van der Waals surface area (Å²) in [5, 5.41) is 11.2. The third-order valence-corrected chi connectivity index (χ3v) is 6.02. The number of carbonyl (C=O) groups is 3. The quantitative estimate of drug-likeness (QED) is 0.254. The molecule has 34 heavy (non-hydrogen) atoms. The van der Waals surface area contributed by atoms with E-state index in [1.807, 2.05) is 50.2 Å². The zero-order chi connectivity index (χ0) is 24.4. The lowest BCUT2D eigenvalue weighted by Crippen LogP contribution is -2.29. The molecule has 1 unspecified atom stereocenters. The van der Waals surface area contributed by atoms with Gasteiger partial charge in [0.15, 0.2) is 0 Å². The highest BCUT2D eigenvalue weighted by atomic mass is 16.5. The molecule has 4 rings (SSSR count). The van der Waals surface area contributed by atoms with Crippen LogP contribution in [0.3, 0.4) is 0 Å². The number of hydrogen-bond acceptors (Lipinski definition) is 5. The molecule has 1 aliphatic rings. The maximum Gasteiger partial charge on any atom is 0.337 e. The summed E-state index contributed by atoms with van der Waals surface area (Å²) < 4.78 is 4.81. The first-order valence-corrected chi connectivity index (χ1v) is 11.0. The van der Waals surface area contributed by atoms with Crippen LogP contribution >= 0.6 is 0 Å². The van der Waals surface area contributed by atoms with Crippen LogP contribution in [0.2, 0.25) is 0 Å². The summed E-state index contributed by atoms with van der Waals surface area (Å²) in [7, 11) is 1.28.